The summed E-state index contributed by atoms with van der Waals surface area (Å²) >= 11 is 0. The fourth-order valence-electron chi connectivity index (χ4n) is 9.68. The average molecular weight is 1670 g/mol. The van der Waals surface area contributed by atoms with Crippen molar-refractivity contribution in [2.75, 3.05) is 20.3 Å². The SMILES string of the molecule is CCC(C)(C)C(=O)OC.CCC(C)(C)C(=O)OCCC[Si](O[Si](C)(C)CC[Si](O[Si](C)(C)C)(O[Si](C)(C)C)O[Si](C)(C)C)(O[Si](C)(C)CC[Si](O[Si](C)(C)C)(O[Si](C)(C)C)O[Si](C)(C)C)O[Si](C)(C)CC[Si](O[Si](C)(C)C)(O[Si](C)(C)C)O[Si](C)(C)C.CCCCOC(=O)C(C)CC. The second-order valence-electron chi connectivity index (χ2n) is 38.8. The van der Waals surface area contributed by atoms with Crippen LogP contribution in [0.15, 0.2) is 0 Å². The Labute approximate surface area is 622 Å². The predicted octanol–water partition coefficient (Wildman–Crippen LogP) is 21.4. The molecule has 0 amide bonds. The molecule has 0 N–H and O–H groups in total. The van der Waals surface area contributed by atoms with Gasteiger partial charge in [0.2, 0.25) is 0 Å². The van der Waals surface area contributed by atoms with Gasteiger partial charge in [-0.1, -0.05) is 41.0 Å². The molecule has 1 unspecified atom stereocenters. The van der Waals surface area contributed by atoms with E-state index < -0.39 is 140 Å². The molecule has 1 atom stereocenters. The summed E-state index contributed by atoms with van der Waals surface area (Å²) < 4.78 is 105. The van der Waals surface area contributed by atoms with Gasteiger partial charge < -0.3 is 63.6 Å². The third kappa shape index (κ3) is 50.9. The minimum atomic E-state index is -3.79. The third-order valence-corrected chi connectivity index (χ3v) is 67.2. The number of methoxy groups -OCH3 is 1. The highest BCUT2D eigenvalue weighted by Crippen LogP contribution is 2.41. The molecule has 0 bridgehead atoms. The average Bonchev–Trinajstić information content (AvgIpc) is 0.789. The summed E-state index contributed by atoms with van der Waals surface area (Å²) in [7, 11) is -40.1. The Hall–Kier alpha value is 1.40. The van der Waals surface area contributed by atoms with E-state index in [1.54, 1.807) is 0 Å². The standard InChI is InChI=1S/C48H128O14Si16.C9H18O2.C7H14O2/c1-37-48(2,3)47(49)50-39-38-40-75(60-72(31,32)41-44-76(51-63(4,5)6,52-64(7,8)9)53-65(10,11)12,61-73(33,34)42-45-77(54-66(13,14)15,55-67(16,17)18)56-68(19,20)21)62-74(35,36)43-46-78(57-69(22,23)24,58-70(25,26)27)59-71(28,29)30;1-4-6-7-11-9(10)8(3)5-2;1-5-7(2,3)6(8)9-4/h37-46H2,1-36H3;8H,4-7H2,1-3H3;5H2,1-4H3. The van der Waals surface area contributed by atoms with Gasteiger partial charge in [0.05, 0.1) is 37.1 Å². The normalized spacial score (nSPS) is 14.8. The van der Waals surface area contributed by atoms with Crippen molar-refractivity contribution in [1.82, 2.24) is 0 Å². The van der Waals surface area contributed by atoms with Crippen molar-refractivity contribution in [3.05, 3.63) is 0 Å². The monoisotopic (exact) mass is 1660 g/mol. The summed E-state index contributed by atoms with van der Waals surface area (Å²) in [5.41, 5.74) is -0.912. The lowest BCUT2D eigenvalue weighted by molar-refractivity contribution is -0.154. The number of carbonyl (C=O) groups is 3. The van der Waals surface area contributed by atoms with Gasteiger partial charge in [-0.2, -0.15) is 0 Å². The highest BCUT2D eigenvalue weighted by atomic mass is 28.5. The maximum absolute atomic E-state index is 13.6. The number of ether oxygens (including phenoxy) is 3. The molecule has 0 aliphatic rings. The van der Waals surface area contributed by atoms with E-state index in [-0.39, 0.29) is 35.8 Å². The lowest BCUT2D eigenvalue weighted by Crippen LogP contribution is -2.64. The van der Waals surface area contributed by atoms with Crippen molar-refractivity contribution in [2.45, 2.75) is 359 Å². The van der Waals surface area contributed by atoms with Gasteiger partial charge in [0.15, 0.2) is 99.8 Å². The zero-order valence-corrected chi connectivity index (χ0v) is 88.0. The molecule has 0 fully saturated rings. The van der Waals surface area contributed by atoms with E-state index >= 15 is 0 Å². The Kier molecular flexibility index (Phi) is 43.0. The zero-order chi connectivity index (χ0) is 78.5. The number of carbonyl (C=O) groups excluding carboxylic acids is 3. The van der Waals surface area contributed by atoms with E-state index in [2.05, 4.69) is 228 Å². The molecule has 0 saturated carbocycles. The smallest absolute Gasteiger partial charge is 0.469 e. The third-order valence-electron chi connectivity index (χ3n) is 14.2. The molecule has 0 aliphatic heterocycles. The molecule has 0 aromatic carbocycles. The van der Waals surface area contributed by atoms with Crippen molar-refractivity contribution >= 4 is 153 Å². The van der Waals surface area contributed by atoms with Crippen molar-refractivity contribution in [3.8, 4) is 0 Å². The lowest BCUT2D eigenvalue weighted by Gasteiger charge is -2.48. The fraction of sp³-hybridized carbons (Fsp3) is 0.953. The summed E-state index contributed by atoms with van der Waals surface area (Å²) in [6.45, 7) is 92.9. The summed E-state index contributed by atoms with van der Waals surface area (Å²) in [6, 6.07) is 4.61. The van der Waals surface area contributed by atoms with Gasteiger partial charge >= 0.3 is 53.1 Å². The van der Waals surface area contributed by atoms with E-state index in [0.29, 0.717) is 43.6 Å². The Morgan fingerprint density at radius 1 is 0.306 bits per heavy atom. The van der Waals surface area contributed by atoms with Gasteiger partial charge in [-0.3, -0.25) is 14.4 Å². The molecule has 0 radical (unpaired) electrons. The van der Waals surface area contributed by atoms with Crippen LogP contribution >= 0.6 is 0 Å². The molecular weight excluding hydrogens is 1510 g/mol. The molecule has 18 nitrogen and oxygen atoms in total. The van der Waals surface area contributed by atoms with Gasteiger partial charge in [0.1, 0.15) is 0 Å². The van der Waals surface area contributed by atoms with Crippen LogP contribution in [0.2, 0.25) is 258 Å². The lowest BCUT2D eigenvalue weighted by atomic mass is 9.91. The largest absolute Gasteiger partial charge is 0.469 e. The number of unbranched alkanes of at least 4 members (excludes halogenated alkanes) is 1. The fourth-order valence-corrected chi connectivity index (χ4v) is 77.5. The van der Waals surface area contributed by atoms with E-state index in [9.17, 15) is 14.4 Å². The van der Waals surface area contributed by atoms with Gasteiger partial charge in [-0.15, -0.1) is 0 Å². The van der Waals surface area contributed by atoms with Crippen molar-refractivity contribution < 1.29 is 78.0 Å². The highest BCUT2D eigenvalue weighted by Gasteiger charge is 2.59. The van der Waals surface area contributed by atoms with E-state index in [1.165, 1.54) is 7.11 Å². The number of rotatable bonds is 46. The Balaban J connectivity index is -0.00000385. The Morgan fingerprint density at radius 2 is 0.531 bits per heavy atom. The predicted molar refractivity (Wildman–Crippen MR) is 453 cm³/mol. The van der Waals surface area contributed by atoms with Crippen molar-refractivity contribution in [2.24, 2.45) is 16.7 Å². The van der Waals surface area contributed by atoms with Crippen LogP contribution < -0.4 is 0 Å². The van der Waals surface area contributed by atoms with Gasteiger partial charge in [-0.05, 0) is 294 Å². The van der Waals surface area contributed by atoms with Crippen LogP contribution in [-0.2, 0) is 78.0 Å². The van der Waals surface area contributed by atoms with Gasteiger partial charge in [-0.25, -0.2) is 0 Å². The molecule has 0 heterocycles. The second-order valence-corrected chi connectivity index (χ2v) is 106. The molecule has 0 rings (SSSR count). The van der Waals surface area contributed by atoms with Gasteiger partial charge in [0, 0.05) is 24.2 Å². The first kappa shape index (κ1) is 104. The van der Waals surface area contributed by atoms with E-state index in [1.807, 2.05) is 55.4 Å². The van der Waals surface area contributed by atoms with E-state index in [0.717, 1.165) is 43.8 Å². The maximum atomic E-state index is 13.6. The molecule has 0 aromatic rings. The molecular formula is C64H160O18Si16. The molecule has 0 saturated heterocycles. The molecule has 98 heavy (non-hydrogen) atoms. The molecule has 0 spiro atoms. The summed E-state index contributed by atoms with van der Waals surface area (Å²) in [6.07, 6.45) is 4.94. The first-order chi connectivity index (χ1) is 43.1. The minimum Gasteiger partial charge on any atom is -0.469 e. The number of hydrogen-bond acceptors (Lipinski definition) is 18. The van der Waals surface area contributed by atoms with Crippen LogP contribution in [-0.4, -0.2) is 173 Å². The molecule has 0 aliphatic carbocycles. The summed E-state index contributed by atoms with van der Waals surface area (Å²) in [5.74, 6) is -0.326. The quantitative estimate of drug-likeness (QED) is 0.0242. The van der Waals surface area contributed by atoms with Crippen LogP contribution in [0.25, 0.3) is 0 Å². The number of hydrogen-bond donors (Lipinski definition) is 0. The molecule has 588 valence electrons. The summed E-state index contributed by atoms with van der Waals surface area (Å²) in [5, 5.41) is 0. The minimum absolute atomic E-state index is 0.0547. The Bertz CT molecular complexity index is 2020. The van der Waals surface area contributed by atoms with Crippen molar-refractivity contribution in [1.29, 1.82) is 0 Å². The number of esters is 3. The zero-order valence-electron chi connectivity index (χ0n) is 72.0. The van der Waals surface area contributed by atoms with Crippen LogP contribution in [0.3, 0.4) is 0 Å². The highest BCUT2D eigenvalue weighted by molar-refractivity contribution is 6.96. The van der Waals surface area contributed by atoms with Crippen molar-refractivity contribution in [3.63, 3.8) is 0 Å². The Morgan fingerprint density at radius 3 is 0.724 bits per heavy atom. The first-order valence-electron chi connectivity index (χ1n) is 36.9. The molecule has 34 heteroatoms. The van der Waals surface area contributed by atoms with Crippen LogP contribution in [0.4, 0.5) is 0 Å². The maximum Gasteiger partial charge on any atom is 0.469 e. The first-order valence-corrected chi connectivity index (χ1v) is 84.6. The molecule has 0 aromatic heterocycles. The van der Waals surface area contributed by atoms with Crippen LogP contribution in [0, 0.1) is 16.7 Å². The summed E-state index contributed by atoms with van der Waals surface area (Å²) in [4.78, 5) is 35.5. The second kappa shape index (κ2) is 40.7. The van der Waals surface area contributed by atoms with E-state index in [4.69, 9.17) is 58.9 Å². The topological polar surface area (TPSA) is 190 Å². The van der Waals surface area contributed by atoms with Crippen LogP contribution in [0.5, 0.6) is 0 Å². The van der Waals surface area contributed by atoms with Gasteiger partial charge in [0.25, 0.3) is 0 Å². The van der Waals surface area contributed by atoms with Crippen LogP contribution in [0.1, 0.15) is 101 Å².